The van der Waals surface area contributed by atoms with Gasteiger partial charge in [0, 0.05) is 6.42 Å². The van der Waals surface area contributed by atoms with Gasteiger partial charge in [0.2, 0.25) is 0 Å². The second kappa shape index (κ2) is 7.27. The van der Waals surface area contributed by atoms with Crippen LogP contribution in [0.25, 0.3) is 0 Å². The van der Waals surface area contributed by atoms with Gasteiger partial charge >= 0.3 is 11.9 Å². The molecule has 0 aromatic rings. The highest BCUT2D eigenvalue weighted by atomic mass is 16.5. The third-order valence-electron chi connectivity index (χ3n) is 9.79. The van der Waals surface area contributed by atoms with E-state index in [1.807, 2.05) is 6.92 Å². The van der Waals surface area contributed by atoms with Gasteiger partial charge in [-0.1, -0.05) is 27.2 Å². The Bertz CT molecular complexity index is 672. The number of hydrogen-bond acceptors (Lipinski definition) is 3. The average molecular weight is 405 g/mol. The van der Waals surface area contributed by atoms with Crippen LogP contribution in [0, 0.1) is 45.8 Å². The number of carboxylic acid groups (broad SMARTS) is 1. The fourth-order valence-electron chi connectivity index (χ4n) is 8.63. The van der Waals surface area contributed by atoms with E-state index in [-0.39, 0.29) is 11.4 Å². The zero-order valence-corrected chi connectivity index (χ0v) is 18.8. The molecule has 29 heavy (non-hydrogen) atoms. The molecule has 0 amide bonds. The number of carbonyl (C=O) groups is 2. The van der Waals surface area contributed by atoms with Gasteiger partial charge in [-0.05, 0) is 98.7 Å². The number of fused-ring (bicyclic) bond motifs is 3. The molecular formula is C25H40O4. The van der Waals surface area contributed by atoms with E-state index in [9.17, 15) is 14.7 Å². The Hall–Kier alpha value is -1.06. The van der Waals surface area contributed by atoms with Crippen LogP contribution in [0.15, 0.2) is 0 Å². The fourth-order valence-corrected chi connectivity index (χ4v) is 8.63. The molecule has 4 saturated carbocycles. The molecule has 4 aliphatic carbocycles. The van der Waals surface area contributed by atoms with Gasteiger partial charge < -0.3 is 9.84 Å². The topological polar surface area (TPSA) is 63.6 Å². The van der Waals surface area contributed by atoms with Gasteiger partial charge in [0.15, 0.2) is 0 Å². The largest absolute Gasteiger partial charge is 0.481 e. The first-order chi connectivity index (χ1) is 13.6. The molecule has 0 heterocycles. The van der Waals surface area contributed by atoms with Crippen LogP contribution in [0.3, 0.4) is 0 Å². The van der Waals surface area contributed by atoms with E-state index < -0.39 is 11.4 Å². The third-order valence-corrected chi connectivity index (χ3v) is 9.79. The summed E-state index contributed by atoms with van der Waals surface area (Å²) < 4.78 is 5.70. The first kappa shape index (κ1) is 21.2. The van der Waals surface area contributed by atoms with E-state index in [1.54, 1.807) is 0 Å². The van der Waals surface area contributed by atoms with Gasteiger partial charge in [-0.15, -0.1) is 0 Å². The number of esters is 1. The molecule has 4 heteroatoms. The lowest BCUT2D eigenvalue weighted by molar-refractivity contribution is -0.181. The van der Waals surface area contributed by atoms with Crippen LogP contribution in [0.2, 0.25) is 0 Å². The van der Waals surface area contributed by atoms with Crippen molar-refractivity contribution >= 4 is 11.9 Å². The highest BCUT2D eigenvalue weighted by Crippen LogP contribution is 2.72. The average Bonchev–Trinajstić information content (AvgIpc) is 2.89. The van der Waals surface area contributed by atoms with E-state index in [4.69, 9.17) is 4.74 Å². The lowest BCUT2D eigenvalue weighted by atomic mass is 9.41. The van der Waals surface area contributed by atoms with Crippen LogP contribution in [-0.4, -0.2) is 23.7 Å². The molecule has 2 bridgehead atoms. The van der Waals surface area contributed by atoms with Crippen molar-refractivity contribution < 1.29 is 19.4 Å². The fraction of sp³-hybridized carbons (Fsp3) is 0.920. The number of ether oxygens (including phenoxy) is 1. The molecular weight excluding hydrogens is 364 g/mol. The number of carboxylic acids is 1. The van der Waals surface area contributed by atoms with Crippen LogP contribution in [0.1, 0.15) is 91.9 Å². The van der Waals surface area contributed by atoms with Crippen molar-refractivity contribution in [1.82, 2.24) is 0 Å². The first-order valence-corrected chi connectivity index (χ1v) is 12.0. The van der Waals surface area contributed by atoms with Crippen LogP contribution < -0.4 is 0 Å². The van der Waals surface area contributed by atoms with Gasteiger partial charge in [-0.25, -0.2) is 0 Å². The normalized spacial score (nSPS) is 46.1. The zero-order valence-electron chi connectivity index (χ0n) is 18.8. The summed E-state index contributed by atoms with van der Waals surface area (Å²) >= 11 is 0. The Morgan fingerprint density at radius 3 is 2.48 bits per heavy atom. The minimum atomic E-state index is -0.584. The summed E-state index contributed by atoms with van der Waals surface area (Å²) in [5.74, 6) is 1.85. The molecule has 1 N–H and O–H groups in total. The molecule has 4 fully saturated rings. The van der Waals surface area contributed by atoms with Crippen molar-refractivity contribution in [3.8, 4) is 0 Å². The Labute approximate surface area is 176 Å². The Morgan fingerprint density at radius 1 is 1.03 bits per heavy atom. The second-order valence-electron chi connectivity index (χ2n) is 11.9. The molecule has 4 nitrogen and oxygen atoms in total. The molecule has 0 radical (unpaired) electrons. The lowest BCUT2D eigenvalue weighted by Gasteiger charge is -2.63. The predicted molar refractivity (Wildman–Crippen MR) is 112 cm³/mol. The molecule has 0 aromatic carbocycles. The van der Waals surface area contributed by atoms with Gasteiger partial charge in [0.1, 0.15) is 0 Å². The van der Waals surface area contributed by atoms with E-state index >= 15 is 0 Å². The molecule has 164 valence electrons. The first-order valence-electron chi connectivity index (χ1n) is 12.0. The smallest absolute Gasteiger partial charge is 0.309 e. The monoisotopic (exact) mass is 404 g/mol. The molecule has 0 aliphatic heterocycles. The minimum absolute atomic E-state index is 0.0457. The maximum atomic E-state index is 12.2. The van der Waals surface area contributed by atoms with Gasteiger partial charge in [0.25, 0.3) is 0 Å². The quantitative estimate of drug-likeness (QED) is 0.598. The minimum Gasteiger partial charge on any atom is -0.481 e. The Morgan fingerprint density at radius 2 is 1.79 bits per heavy atom. The van der Waals surface area contributed by atoms with Gasteiger partial charge in [-0.2, -0.15) is 0 Å². The van der Waals surface area contributed by atoms with Crippen molar-refractivity contribution in [2.45, 2.75) is 91.9 Å². The number of rotatable bonds is 5. The summed E-state index contributed by atoms with van der Waals surface area (Å²) in [6.45, 7) is 9.16. The van der Waals surface area contributed by atoms with Crippen LogP contribution in [-0.2, 0) is 14.3 Å². The molecule has 7 atom stereocenters. The summed E-state index contributed by atoms with van der Waals surface area (Å²) in [4.78, 5) is 24.3. The predicted octanol–water partition coefficient (Wildman–Crippen LogP) is 5.69. The summed E-state index contributed by atoms with van der Waals surface area (Å²) in [5.41, 5.74) is -0.0479. The van der Waals surface area contributed by atoms with Gasteiger partial charge in [-0.3, -0.25) is 9.59 Å². The SMILES string of the molecule is CC(C)CC(=O)OCC1CC23CCC4C(C)(C(=O)O)CCCC4(C)C2CCC1C3. The standard InChI is InChI=1S/C25H40O4/c1-16(2)12-21(26)29-15-18-14-25-11-8-19-23(3,20(25)7-6-17(18)13-25)9-5-10-24(19,4)22(27)28/h16-20H,5-15H2,1-4H3,(H,27,28). The van der Waals surface area contributed by atoms with E-state index in [2.05, 4.69) is 20.8 Å². The maximum absolute atomic E-state index is 12.2. The van der Waals surface area contributed by atoms with E-state index in [1.165, 1.54) is 38.5 Å². The highest BCUT2D eigenvalue weighted by molar-refractivity contribution is 5.75. The molecule has 1 spiro atoms. The lowest BCUT2D eigenvalue weighted by Crippen LogP contribution is -2.58. The zero-order chi connectivity index (χ0) is 21.0. The Balaban J connectivity index is 1.51. The molecule has 4 rings (SSSR count). The van der Waals surface area contributed by atoms with E-state index in [0.29, 0.717) is 48.0 Å². The second-order valence-corrected chi connectivity index (χ2v) is 11.9. The van der Waals surface area contributed by atoms with Crippen LogP contribution in [0.5, 0.6) is 0 Å². The summed E-state index contributed by atoms with van der Waals surface area (Å²) in [5, 5.41) is 10.1. The molecule has 0 aromatic heterocycles. The summed E-state index contributed by atoms with van der Waals surface area (Å²) in [6, 6.07) is 0. The van der Waals surface area contributed by atoms with Crippen molar-refractivity contribution in [2.75, 3.05) is 6.61 Å². The Kier molecular flexibility index (Phi) is 5.31. The van der Waals surface area contributed by atoms with Crippen molar-refractivity contribution in [2.24, 2.45) is 45.8 Å². The number of hydrogen-bond donors (Lipinski definition) is 1. The summed E-state index contributed by atoms with van der Waals surface area (Å²) in [6.07, 6.45) is 10.7. The molecule has 7 unspecified atom stereocenters. The summed E-state index contributed by atoms with van der Waals surface area (Å²) in [7, 11) is 0. The van der Waals surface area contributed by atoms with E-state index in [0.717, 1.165) is 19.3 Å². The molecule has 4 aliphatic rings. The highest BCUT2D eigenvalue weighted by Gasteiger charge is 2.65. The number of carbonyl (C=O) groups excluding carboxylic acids is 1. The van der Waals surface area contributed by atoms with Crippen molar-refractivity contribution in [3.05, 3.63) is 0 Å². The van der Waals surface area contributed by atoms with Crippen LogP contribution >= 0.6 is 0 Å². The van der Waals surface area contributed by atoms with Gasteiger partial charge in [0.05, 0.1) is 12.0 Å². The van der Waals surface area contributed by atoms with Crippen molar-refractivity contribution in [1.29, 1.82) is 0 Å². The third kappa shape index (κ3) is 3.33. The number of aliphatic carboxylic acids is 1. The van der Waals surface area contributed by atoms with Crippen molar-refractivity contribution in [3.63, 3.8) is 0 Å². The maximum Gasteiger partial charge on any atom is 0.309 e. The van der Waals surface area contributed by atoms with Crippen LogP contribution in [0.4, 0.5) is 0 Å². The molecule has 0 saturated heterocycles.